The van der Waals surface area contributed by atoms with E-state index < -0.39 is 11.7 Å². The van der Waals surface area contributed by atoms with Crippen molar-refractivity contribution in [1.29, 1.82) is 0 Å². The summed E-state index contributed by atoms with van der Waals surface area (Å²) in [6, 6.07) is 3.51. The number of likely N-dealkylation sites (N-methyl/N-ethyl adjacent to an activating group) is 1. The Morgan fingerprint density at radius 1 is 1.40 bits per heavy atom. The summed E-state index contributed by atoms with van der Waals surface area (Å²) in [7, 11) is 0. The first-order valence-corrected chi connectivity index (χ1v) is 6.75. The van der Waals surface area contributed by atoms with Crippen LogP contribution in [0.15, 0.2) is 18.2 Å². The number of hydrogen-bond donors (Lipinski definition) is 1. The maximum Gasteiger partial charge on any atom is 0.416 e. The maximum absolute atomic E-state index is 12.6. The van der Waals surface area contributed by atoms with E-state index in [0.29, 0.717) is 18.8 Å². The summed E-state index contributed by atoms with van der Waals surface area (Å²) >= 11 is 0. The van der Waals surface area contributed by atoms with Crippen LogP contribution in [-0.4, -0.2) is 25.8 Å². The Hall–Kier alpha value is -1.43. The predicted octanol–water partition coefficient (Wildman–Crippen LogP) is 3.29. The summed E-state index contributed by atoms with van der Waals surface area (Å²) in [4.78, 5) is 1.96. The van der Waals surface area contributed by atoms with Gasteiger partial charge in [0.25, 0.3) is 0 Å². The van der Waals surface area contributed by atoms with Crippen molar-refractivity contribution in [1.82, 2.24) is 0 Å². The van der Waals surface area contributed by atoms with Crippen molar-refractivity contribution in [2.75, 3.05) is 30.3 Å². The second-order valence-electron chi connectivity index (χ2n) is 4.95. The summed E-state index contributed by atoms with van der Waals surface area (Å²) in [5.74, 6) is 0. The van der Waals surface area contributed by atoms with Crippen molar-refractivity contribution in [2.45, 2.75) is 32.0 Å². The van der Waals surface area contributed by atoms with Crippen LogP contribution in [0.3, 0.4) is 0 Å². The standard InChI is InChI=1S/C14H19F3N2O/c1-2-19(9-11-4-3-7-20-11)13-6-5-10(8-12(13)18)14(15,16)17/h5-6,8,11H,2-4,7,9,18H2,1H3. The number of rotatable bonds is 4. The van der Waals surface area contributed by atoms with Gasteiger partial charge in [0.05, 0.1) is 23.0 Å². The van der Waals surface area contributed by atoms with Gasteiger partial charge in [0, 0.05) is 19.7 Å². The molecule has 1 heterocycles. The van der Waals surface area contributed by atoms with E-state index in [1.165, 1.54) is 6.07 Å². The Balaban J connectivity index is 2.17. The highest BCUT2D eigenvalue weighted by atomic mass is 19.4. The minimum atomic E-state index is -4.36. The first kappa shape index (κ1) is 15.0. The molecule has 112 valence electrons. The first-order chi connectivity index (χ1) is 9.41. The van der Waals surface area contributed by atoms with Crippen molar-refractivity contribution < 1.29 is 17.9 Å². The lowest BCUT2D eigenvalue weighted by Gasteiger charge is -2.27. The van der Waals surface area contributed by atoms with Gasteiger partial charge in [-0.05, 0) is 38.0 Å². The molecule has 1 aliphatic rings. The third-order valence-electron chi connectivity index (χ3n) is 3.53. The van der Waals surface area contributed by atoms with Crippen LogP contribution in [0.25, 0.3) is 0 Å². The number of alkyl halides is 3. The van der Waals surface area contributed by atoms with Crippen LogP contribution in [0.1, 0.15) is 25.3 Å². The molecule has 0 bridgehead atoms. The summed E-state index contributed by atoms with van der Waals surface area (Å²) in [5.41, 5.74) is 5.86. The zero-order valence-corrected chi connectivity index (χ0v) is 11.4. The minimum Gasteiger partial charge on any atom is -0.397 e. The molecule has 1 unspecified atom stereocenters. The highest BCUT2D eigenvalue weighted by molar-refractivity contribution is 5.68. The Bertz CT molecular complexity index is 456. The average molecular weight is 288 g/mol. The van der Waals surface area contributed by atoms with Crippen molar-refractivity contribution in [3.63, 3.8) is 0 Å². The van der Waals surface area contributed by atoms with Crippen LogP contribution >= 0.6 is 0 Å². The van der Waals surface area contributed by atoms with Gasteiger partial charge in [0.15, 0.2) is 0 Å². The number of nitrogens with zero attached hydrogens (tertiary/aromatic N) is 1. The van der Waals surface area contributed by atoms with Crippen molar-refractivity contribution >= 4 is 11.4 Å². The van der Waals surface area contributed by atoms with E-state index in [4.69, 9.17) is 10.5 Å². The van der Waals surface area contributed by atoms with Gasteiger partial charge >= 0.3 is 6.18 Å². The van der Waals surface area contributed by atoms with Crippen LogP contribution in [0, 0.1) is 0 Å². The van der Waals surface area contributed by atoms with Gasteiger partial charge in [-0.2, -0.15) is 13.2 Å². The predicted molar refractivity (Wildman–Crippen MR) is 72.7 cm³/mol. The zero-order chi connectivity index (χ0) is 14.8. The summed E-state index contributed by atoms with van der Waals surface area (Å²) in [5, 5.41) is 0. The number of benzene rings is 1. The normalized spacial score (nSPS) is 19.3. The number of ether oxygens (including phenoxy) is 1. The Morgan fingerprint density at radius 2 is 2.15 bits per heavy atom. The van der Waals surface area contributed by atoms with Crippen molar-refractivity contribution in [3.05, 3.63) is 23.8 Å². The molecule has 0 aromatic heterocycles. The molecule has 1 saturated heterocycles. The fraction of sp³-hybridized carbons (Fsp3) is 0.571. The number of nitrogen functional groups attached to an aromatic ring is 1. The second kappa shape index (κ2) is 5.91. The highest BCUT2D eigenvalue weighted by Crippen LogP contribution is 2.34. The molecule has 0 spiro atoms. The average Bonchev–Trinajstić information content (AvgIpc) is 2.88. The lowest BCUT2D eigenvalue weighted by atomic mass is 10.1. The van der Waals surface area contributed by atoms with Crippen LogP contribution < -0.4 is 10.6 Å². The molecule has 3 nitrogen and oxygen atoms in total. The van der Waals surface area contributed by atoms with Gasteiger partial charge in [0.1, 0.15) is 0 Å². The van der Waals surface area contributed by atoms with Gasteiger partial charge < -0.3 is 15.4 Å². The molecular weight excluding hydrogens is 269 g/mol. The molecule has 1 aromatic rings. The van der Waals surface area contributed by atoms with Gasteiger partial charge in [-0.15, -0.1) is 0 Å². The van der Waals surface area contributed by atoms with E-state index in [1.807, 2.05) is 11.8 Å². The molecule has 0 radical (unpaired) electrons. The smallest absolute Gasteiger partial charge is 0.397 e. The van der Waals surface area contributed by atoms with E-state index in [-0.39, 0.29) is 11.8 Å². The van der Waals surface area contributed by atoms with Crippen molar-refractivity contribution in [3.8, 4) is 0 Å². The summed E-state index contributed by atoms with van der Waals surface area (Å²) in [6.07, 6.45) is -2.21. The second-order valence-corrected chi connectivity index (χ2v) is 4.95. The van der Waals surface area contributed by atoms with Gasteiger partial charge in [-0.1, -0.05) is 0 Å². The van der Waals surface area contributed by atoms with Gasteiger partial charge in [0.2, 0.25) is 0 Å². The molecule has 2 N–H and O–H groups in total. The molecule has 2 rings (SSSR count). The van der Waals surface area contributed by atoms with Gasteiger partial charge in [-0.25, -0.2) is 0 Å². The van der Waals surface area contributed by atoms with Gasteiger partial charge in [-0.3, -0.25) is 0 Å². The number of nitrogens with two attached hydrogens (primary N) is 1. The Kier molecular flexibility index (Phi) is 4.42. The fourth-order valence-electron chi connectivity index (χ4n) is 2.45. The SMILES string of the molecule is CCN(CC1CCCO1)c1ccc(C(F)(F)F)cc1N. The quantitative estimate of drug-likeness (QED) is 0.864. The first-order valence-electron chi connectivity index (χ1n) is 6.75. The topological polar surface area (TPSA) is 38.5 Å². The molecule has 1 aliphatic heterocycles. The largest absolute Gasteiger partial charge is 0.416 e. The molecule has 0 amide bonds. The minimum absolute atomic E-state index is 0.136. The zero-order valence-electron chi connectivity index (χ0n) is 11.4. The molecule has 1 atom stereocenters. The summed E-state index contributed by atoms with van der Waals surface area (Å²) in [6.45, 7) is 4.04. The van der Waals surface area contributed by atoms with Crippen LogP contribution in [-0.2, 0) is 10.9 Å². The van der Waals surface area contributed by atoms with Crippen molar-refractivity contribution in [2.24, 2.45) is 0 Å². The molecule has 1 fully saturated rings. The number of hydrogen-bond acceptors (Lipinski definition) is 3. The summed E-state index contributed by atoms with van der Waals surface area (Å²) < 4.78 is 43.4. The molecule has 20 heavy (non-hydrogen) atoms. The maximum atomic E-state index is 12.6. The molecule has 6 heteroatoms. The van der Waals surface area contributed by atoms with E-state index >= 15 is 0 Å². The lowest BCUT2D eigenvalue weighted by molar-refractivity contribution is -0.137. The highest BCUT2D eigenvalue weighted by Gasteiger charge is 2.31. The molecule has 0 aliphatic carbocycles. The van der Waals surface area contributed by atoms with E-state index in [1.54, 1.807) is 0 Å². The third kappa shape index (κ3) is 3.36. The van der Waals surface area contributed by atoms with E-state index in [0.717, 1.165) is 31.6 Å². The van der Waals surface area contributed by atoms with E-state index in [9.17, 15) is 13.2 Å². The molecular formula is C14H19F3N2O. The Morgan fingerprint density at radius 3 is 2.65 bits per heavy atom. The molecule has 1 aromatic carbocycles. The van der Waals surface area contributed by atoms with Crippen LogP contribution in [0.2, 0.25) is 0 Å². The van der Waals surface area contributed by atoms with Crippen LogP contribution in [0.4, 0.5) is 24.5 Å². The third-order valence-corrected chi connectivity index (χ3v) is 3.53. The monoisotopic (exact) mass is 288 g/mol. The van der Waals surface area contributed by atoms with E-state index in [2.05, 4.69) is 0 Å². The lowest BCUT2D eigenvalue weighted by Crippen LogP contribution is -2.32. The molecule has 0 saturated carbocycles. The fourth-order valence-corrected chi connectivity index (χ4v) is 2.45. The number of halogens is 3. The van der Waals surface area contributed by atoms with Crippen LogP contribution in [0.5, 0.6) is 0 Å². The number of anilines is 2. The Labute approximate surface area is 116 Å².